The average Bonchev–Trinajstić information content (AvgIpc) is 2.30. The molecule has 0 aliphatic rings. The first-order chi connectivity index (χ1) is 8.52. The molecule has 0 bridgehead atoms. The summed E-state index contributed by atoms with van der Waals surface area (Å²) < 4.78 is 18.0. The van der Waals surface area contributed by atoms with Gasteiger partial charge in [0.1, 0.15) is 0 Å². The number of methoxy groups -OCH3 is 1. The molecule has 18 heavy (non-hydrogen) atoms. The fourth-order valence-corrected chi connectivity index (χ4v) is 1.37. The van der Waals surface area contributed by atoms with E-state index in [4.69, 9.17) is 21.3 Å². The van der Waals surface area contributed by atoms with E-state index in [1.807, 2.05) is 0 Å². The van der Waals surface area contributed by atoms with Gasteiger partial charge in [-0.3, -0.25) is 16.1 Å². The summed E-state index contributed by atoms with van der Waals surface area (Å²) in [5.41, 5.74) is 5.95. The number of nitrogens with one attached hydrogen (secondary N) is 4. The molecule has 0 atom stereocenters. The lowest BCUT2D eigenvalue weighted by atomic mass is 10.1. The highest BCUT2D eigenvalue weighted by Crippen LogP contribution is 2.18. The Bertz CT molecular complexity index is 449. The zero-order valence-electron chi connectivity index (χ0n) is 10.0. The van der Waals surface area contributed by atoms with E-state index in [1.165, 1.54) is 13.2 Å². The van der Waals surface area contributed by atoms with Crippen molar-refractivity contribution in [1.29, 1.82) is 10.8 Å². The molecule has 0 saturated heterocycles. The number of guanidine groups is 2. The maximum absolute atomic E-state index is 13.1. The highest BCUT2D eigenvalue weighted by atomic mass is 19.1. The molecule has 0 aliphatic carbocycles. The molecule has 0 radical (unpaired) electrons. The van der Waals surface area contributed by atoms with Gasteiger partial charge in [-0.25, -0.2) is 4.39 Å². The van der Waals surface area contributed by atoms with Crippen molar-refractivity contribution in [3.05, 3.63) is 29.6 Å². The van der Waals surface area contributed by atoms with Crippen LogP contribution < -0.4 is 21.1 Å². The SMILES string of the molecule is COc1cc(CCNC(=N)NC(=N)N)ccc1F. The lowest BCUT2D eigenvalue weighted by molar-refractivity contribution is 0.386. The van der Waals surface area contributed by atoms with Gasteiger partial charge in [-0.1, -0.05) is 6.07 Å². The number of nitrogens with two attached hydrogens (primary N) is 1. The fourth-order valence-electron chi connectivity index (χ4n) is 1.37. The predicted octanol–water partition coefficient (Wildman–Crippen LogP) is 0.384. The Balaban J connectivity index is 2.44. The van der Waals surface area contributed by atoms with Crippen LogP contribution in [0.2, 0.25) is 0 Å². The van der Waals surface area contributed by atoms with Crippen LogP contribution >= 0.6 is 0 Å². The summed E-state index contributed by atoms with van der Waals surface area (Å²) >= 11 is 0. The summed E-state index contributed by atoms with van der Waals surface area (Å²) in [6.07, 6.45) is 0.596. The molecule has 6 N–H and O–H groups in total. The van der Waals surface area contributed by atoms with E-state index in [2.05, 4.69) is 10.6 Å². The van der Waals surface area contributed by atoms with Crippen LogP contribution in [0, 0.1) is 16.6 Å². The topological polar surface area (TPSA) is 107 Å². The van der Waals surface area contributed by atoms with E-state index in [9.17, 15) is 4.39 Å². The molecular formula is C11H16FN5O. The third-order valence-corrected chi connectivity index (χ3v) is 2.19. The summed E-state index contributed by atoms with van der Waals surface area (Å²) in [6, 6.07) is 4.61. The van der Waals surface area contributed by atoms with Crippen molar-refractivity contribution in [1.82, 2.24) is 10.6 Å². The summed E-state index contributed by atoms with van der Waals surface area (Å²) in [5.74, 6) is -0.544. The molecule has 1 aromatic carbocycles. The van der Waals surface area contributed by atoms with Crippen molar-refractivity contribution in [2.75, 3.05) is 13.7 Å². The quantitative estimate of drug-likeness (QED) is 0.395. The highest BCUT2D eigenvalue weighted by molar-refractivity contribution is 5.94. The minimum atomic E-state index is -0.403. The van der Waals surface area contributed by atoms with Gasteiger partial charge in [0.15, 0.2) is 23.5 Å². The summed E-state index contributed by atoms with van der Waals surface area (Å²) in [7, 11) is 1.41. The van der Waals surface area contributed by atoms with E-state index in [-0.39, 0.29) is 17.7 Å². The van der Waals surface area contributed by atoms with Crippen molar-refractivity contribution in [2.24, 2.45) is 5.73 Å². The monoisotopic (exact) mass is 253 g/mol. The molecule has 0 fully saturated rings. The largest absolute Gasteiger partial charge is 0.494 e. The van der Waals surface area contributed by atoms with Crippen molar-refractivity contribution < 1.29 is 9.13 Å². The van der Waals surface area contributed by atoms with Gasteiger partial charge in [0, 0.05) is 6.54 Å². The molecule has 0 heterocycles. The molecule has 0 saturated carbocycles. The summed E-state index contributed by atoms with van der Waals surface area (Å²) in [5, 5.41) is 19.3. The molecular weight excluding hydrogens is 237 g/mol. The van der Waals surface area contributed by atoms with Gasteiger partial charge in [-0.2, -0.15) is 0 Å². The molecule has 0 unspecified atom stereocenters. The van der Waals surface area contributed by atoms with E-state index >= 15 is 0 Å². The first-order valence-corrected chi connectivity index (χ1v) is 5.29. The van der Waals surface area contributed by atoms with Crippen molar-refractivity contribution in [2.45, 2.75) is 6.42 Å². The Kier molecular flexibility index (Phi) is 4.91. The minimum Gasteiger partial charge on any atom is -0.494 e. The van der Waals surface area contributed by atoms with Crippen LogP contribution in [0.4, 0.5) is 4.39 Å². The van der Waals surface area contributed by atoms with Crippen LogP contribution in [0.5, 0.6) is 5.75 Å². The minimum absolute atomic E-state index is 0.0448. The van der Waals surface area contributed by atoms with Gasteiger partial charge in [-0.15, -0.1) is 0 Å². The van der Waals surface area contributed by atoms with Crippen LogP contribution in [-0.4, -0.2) is 25.6 Å². The first kappa shape index (κ1) is 13.8. The van der Waals surface area contributed by atoms with Crippen molar-refractivity contribution in [3.8, 4) is 5.75 Å². The Morgan fingerprint density at radius 2 is 2.17 bits per heavy atom. The number of hydrogen-bond acceptors (Lipinski definition) is 3. The molecule has 0 aromatic heterocycles. The smallest absolute Gasteiger partial charge is 0.195 e. The second kappa shape index (κ2) is 6.43. The lowest BCUT2D eigenvalue weighted by Crippen LogP contribution is -2.43. The van der Waals surface area contributed by atoms with E-state index in [0.29, 0.717) is 13.0 Å². The van der Waals surface area contributed by atoms with Crippen LogP contribution in [0.3, 0.4) is 0 Å². The summed E-state index contributed by atoms with van der Waals surface area (Å²) in [6.45, 7) is 0.466. The van der Waals surface area contributed by atoms with Crippen LogP contribution in [0.1, 0.15) is 5.56 Å². The third-order valence-electron chi connectivity index (χ3n) is 2.19. The van der Waals surface area contributed by atoms with E-state index in [0.717, 1.165) is 5.56 Å². The van der Waals surface area contributed by atoms with Crippen molar-refractivity contribution >= 4 is 11.9 Å². The Morgan fingerprint density at radius 1 is 1.44 bits per heavy atom. The highest BCUT2D eigenvalue weighted by Gasteiger charge is 2.03. The molecule has 0 aliphatic heterocycles. The Morgan fingerprint density at radius 3 is 2.78 bits per heavy atom. The van der Waals surface area contributed by atoms with Crippen LogP contribution in [0.25, 0.3) is 0 Å². The van der Waals surface area contributed by atoms with Gasteiger partial charge in [-0.05, 0) is 24.1 Å². The summed E-state index contributed by atoms with van der Waals surface area (Å²) in [4.78, 5) is 0. The third kappa shape index (κ3) is 4.28. The lowest BCUT2D eigenvalue weighted by Gasteiger charge is -2.09. The van der Waals surface area contributed by atoms with Crippen molar-refractivity contribution in [3.63, 3.8) is 0 Å². The molecule has 98 valence electrons. The zero-order chi connectivity index (χ0) is 13.5. The molecule has 6 nitrogen and oxygen atoms in total. The van der Waals surface area contributed by atoms with Gasteiger partial charge in [0.25, 0.3) is 0 Å². The van der Waals surface area contributed by atoms with Gasteiger partial charge in [0.05, 0.1) is 7.11 Å². The molecule has 1 rings (SSSR count). The normalized spacial score (nSPS) is 9.67. The number of hydrogen-bond donors (Lipinski definition) is 5. The fraction of sp³-hybridized carbons (Fsp3) is 0.273. The standard InChI is InChI=1S/C11H16FN5O/c1-18-9-6-7(2-3-8(9)12)4-5-16-11(15)17-10(13)14/h2-3,6H,4-5H2,1H3,(H6,13,14,15,16,17). The average molecular weight is 253 g/mol. The molecule has 7 heteroatoms. The Hall–Kier alpha value is -2.31. The maximum Gasteiger partial charge on any atom is 0.195 e. The molecule has 0 spiro atoms. The number of benzene rings is 1. The van der Waals surface area contributed by atoms with Gasteiger partial charge < -0.3 is 15.8 Å². The molecule has 1 aromatic rings. The van der Waals surface area contributed by atoms with E-state index in [1.54, 1.807) is 12.1 Å². The maximum atomic E-state index is 13.1. The number of halogens is 1. The van der Waals surface area contributed by atoms with Crippen LogP contribution in [0.15, 0.2) is 18.2 Å². The second-order valence-corrected chi connectivity index (χ2v) is 3.56. The predicted molar refractivity (Wildman–Crippen MR) is 67.4 cm³/mol. The number of rotatable bonds is 4. The van der Waals surface area contributed by atoms with Gasteiger partial charge >= 0.3 is 0 Å². The van der Waals surface area contributed by atoms with Crippen LogP contribution in [-0.2, 0) is 6.42 Å². The van der Waals surface area contributed by atoms with Gasteiger partial charge in [0.2, 0.25) is 0 Å². The first-order valence-electron chi connectivity index (χ1n) is 5.29. The Labute approximate surface area is 104 Å². The number of ether oxygens (including phenoxy) is 1. The molecule has 0 amide bonds. The second-order valence-electron chi connectivity index (χ2n) is 3.56. The van der Waals surface area contributed by atoms with E-state index < -0.39 is 5.82 Å². The zero-order valence-corrected chi connectivity index (χ0v) is 10.0.